The molecule has 0 unspecified atom stereocenters. The van der Waals surface area contributed by atoms with Gasteiger partial charge in [-0.15, -0.1) is 0 Å². The lowest BCUT2D eigenvalue weighted by molar-refractivity contribution is -0.385. The van der Waals surface area contributed by atoms with Gasteiger partial charge in [0.1, 0.15) is 0 Å². The zero-order valence-corrected chi connectivity index (χ0v) is 10.8. The Labute approximate surface area is 115 Å². The highest BCUT2D eigenvalue weighted by molar-refractivity contribution is 5.50. The Morgan fingerprint density at radius 3 is 2.55 bits per heavy atom. The summed E-state index contributed by atoms with van der Waals surface area (Å²) in [7, 11) is 1.55. The van der Waals surface area contributed by atoms with Crippen LogP contribution in [-0.2, 0) is 11.4 Å². The fourth-order valence-electron chi connectivity index (χ4n) is 1.68. The number of halogens is 1. The first-order valence-electron chi connectivity index (χ1n) is 5.92. The van der Waals surface area contributed by atoms with Crippen molar-refractivity contribution in [1.82, 2.24) is 0 Å². The van der Waals surface area contributed by atoms with Gasteiger partial charge in [0, 0.05) is 13.1 Å². The first kappa shape index (κ1) is 14.0. The van der Waals surface area contributed by atoms with Gasteiger partial charge in [-0.25, -0.2) is 4.39 Å². The predicted octanol–water partition coefficient (Wildman–Crippen LogP) is 3.30. The molecule has 0 aromatic heterocycles. The number of nitrogens with zero attached hydrogens (tertiary/aromatic N) is 2. The predicted molar refractivity (Wildman–Crippen MR) is 72.7 cm³/mol. The number of rotatable bonds is 5. The molecule has 0 heterocycles. The lowest BCUT2D eigenvalue weighted by Crippen LogP contribution is -2.18. The van der Waals surface area contributed by atoms with Crippen molar-refractivity contribution in [3.05, 3.63) is 70.0 Å². The molecule has 0 N–H and O–H groups in total. The summed E-state index contributed by atoms with van der Waals surface area (Å²) in [6.07, 6.45) is 0. The first-order chi connectivity index (χ1) is 9.58. The van der Waals surface area contributed by atoms with E-state index >= 15 is 0 Å². The largest absolute Gasteiger partial charge is 0.272 e. The van der Waals surface area contributed by atoms with Gasteiger partial charge in [-0.1, -0.05) is 30.3 Å². The highest BCUT2D eigenvalue weighted by atomic mass is 19.1. The van der Waals surface area contributed by atoms with Crippen LogP contribution >= 0.6 is 0 Å². The lowest BCUT2D eigenvalue weighted by atomic mass is 10.2. The molecule has 0 amide bonds. The molecule has 6 heteroatoms. The number of anilines is 1. The molecule has 0 saturated carbocycles. The topological polar surface area (TPSA) is 55.6 Å². The number of nitro benzene ring substituents is 1. The van der Waals surface area contributed by atoms with Gasteiger partial charge in [-0.05, 0) is 11.6 Å². The third kappa shape index (κ3) is 3.30. The maximum atomic E-state index is 13.8. The summed E-state index contributed by atoms with van der Waals surface area (Å²) in [4.78, 5) is 15.3. The zero-order chi connectivity index (χ0) is 14.5. The van der Waals surface area contributed by atoms with Gasteiger partial charge in [0.05, 0.1) is 23.3 Å². The summed E-state index contributed by atoms with van der Waals surface area (Å²) in [5.74, 6) is -0.699. The fraction of sp³-hybridized carbons (Fsp3) is 0.143. The molecule has 0 fully saturated rings. The van der Waals surface area contributed by atoms with Crippen LogP contribution in [0.1, 0.15) is 5.56 Å². The molecule has 0 aliphatic carbocycles. The molecule has 20 heavy (non-hydrogen) atoms. The molecule has 0 atom stereocenters. The Morgan fingerprint density at radius 2 is 1.95 bits per heavy atom. The van der Waals surface area contributed by atoms with Crippen LogP contribution in [0.15, 0.2) is 48.5 Å². The van der Waals surface area contributed by atoms with Crippen LogP contribution in [0.4, 0.5) is 15.8 Å². The summed E-state index contributed by atoms with van der Waals surface area (Å²) < 4.78 is 13.8. The summed E-state index contributed by atoms with van der Waals surface area (Å²) in [5, 5.41) is 11.8. The molecule has 0 bridgehead atoms. The number of benzene rings is 2. The van der Waals surface area contributed by atoms with E-state index in [1.54, 1.807) is 7.05 Å². The molecule has 2 aromatic rings. The van der Waals surface area contributed by atoms with E-state index in [9.17, 15) is 14.5 Å². The van der Waals surface area contributed by atoms with E-state index in [1.807, 2.05) is 30.3 Å². The van der Waals surface area contributed by atoms with E-state index in [2.05, 4.69) is 0 Å². The quantitative estimate of drug-likeness (QED) is 0.621. The van der Waals surface area contributed by atoms with E-state index in [4.69, 9.17) is 4.84 Å². The molecular formula is C14H13FN2O3. The molecular weight excluding hydrogens is 263 g/mol. The van der Waals surface area contributed by atoms with Crippen LogP contribution in [0.3, 0.4) is 0 Å². The van der Waals surface area contributed by atoms with E-state index in [-0.39, 0.29) is 18.0 Å². The average molecular weight is 276 g/mol. The van der Waals surface area contributed by atoms with Gasteiger partial charge in [-0.3, -0.25) is 20.0 Å². The smallest absolute Gasteiger partial charge is 0.269 e. The van der Waals surface area contributed by atoms with E-state index in [1.165, 1.54) is 17.2 Å². The second-order valence-corrected chi connectivity index (χ2v) is 4.15. The third-order valence-corrected chi connectivity index (χ3v) is 2.75. The van der Waals surface area contributed by atoms with Crippen molar-refractivity contribution < 1.29 is 14.2 Å². The summed E-state index contributed by atoms with van der Waals surface area (Å²) in [6.45, 7) is 0.285. The maximum absolute atomic E-state index is 13.8. The number of nitro groups is 1. The lowest BCUT2D eigenvalue weighted by Gasteiger charge is -2.19. The monoisotopic (exact) mass is 276 g/mol. The SMILES string of the molecule is CN(OCc1ccccc1)c1ccc([N+](=O)[O-])cc1F. The Morgan fingerprint density at radius 1 is 1.25 bits per heavy atom. The van der Waals surface area contributed by atoms with E-state index in [0.717, 1.165) is 11.6 Å². The molecule has 0 aliphatic rings. The summed E-state index contributed by atoms with van der Waals surface area (Å²) in [5.41, 5.74) is 0.802. The number of hydrogen-bond donors (Lipinski definition) is 0. The van der Waals surface area contributed by atoms with E-state index < -0.39 is 10.7 Å². The van der Waals surface area contributed by atoms with Crippen LogP contribution in [0.25, 0.3) is 0 Å². The van der Waals surface area contributed by atoms with Crippen molar-refractivity contribution in [1.29, 1.82) is 0 Å². The second-order valence-electron chi connectivity index (χ2n) is 4.15. The van der Waals surface area contributed by atoms with Crippen molar-refractivity contribution in [2.45, 2.75) is 6.61 Å². The molecule has 5 nitrogen and oxygen atoms in total. The number of hydrogen-bond acceptors (Lipinski definition) is 4. The highest BCUT2D eigenvalue weighted by Gasteiger charge is 2.14. The molecule has 0 aliphatic heterocycles. The second kappa shape index (κ2) is 6.12. The van der Waals surface area contributed by atoms with Crippen molar-refractivity contribution in [2.24, 2.45) is 0 Å². The van der Waals surface area contributed by atoms with Crippen LogP contribution < -0.4 is 5.06 Å². The zero-order valence-electron chi connectivity index (χ0n) is 10.8. The maximum Gasteiger partial charge on any atom is 0.272 e. The minimum atomic E-state index is -0.699. The number of hydroxylamine groups is 1. The standard InChI is InChI=1S/C14H13FN2O3/c1-16(20-10-11-5-3-2-4-6-11)14-8-7-12(17(18)19)9-13(14)15/h2-9H,10H2,1H3. The highest BCUT2D eigenvalue weighted by Crippen LogP contribution is 2.23. The van der Waals surface area contributed by atoms with Crippen LogP contribution in [0.2, 0.25) is 0 Å². The molecule has 0 radical (unpaired) electrons. The van der Waals surface area contributed by atoms with Crippen LogP contribution in [0.5, 0.6) is 0 Å². The van der Waals surface area contributed by atoms with Crippen molar-refractivity contribution in [2.75, 3.05) is 12.1 Å². The molecule has 104 valence electrons. The minimum Gasteiger partial charge on any atom is -0.269 e. The Kier molecular flexibility index (Phi) is 4.27. The van der Waals surface area contributed by atoms with Gasteiger partial charge >= 0.3 is 0 Å². The summed E-state index contributed by atoms with van der Waals surface area (Å²) in [6, 6.07) is 12.9. The molecule has 0 saturated heterocycles. The van der Waals surface area contributed by atoms with Gasteiger partial charge < -0.3 is 0 Å². The van der Waals surface area contributed by atoms with Gasteiger partial charge in [0.25, 0.3) is 5.69 Å². The summed E-state index contributed by atoms with van der Waals surface area (Å²) >= 11 is 0. The molecule has 0 spiro atoms. The minimum absolute atomic E-state index is 0.145. The fourth-order valence-corrected chi connectivity index (χ4v) is 1.68. The third-order valence-electron chi connectivity index (χ3n) is 2.75. The normalized spacial score (nSPS) is 10.3. The van der Waals surface area contributed by atoms with Gasteiger partial charge in [0.2, 0.25) is 0 Å². The van der Waals surface area contributed by atoms with Gasteiger partial charge in [0.15, 0.2) is 5.82 Å². The Balaban J connectivity index is 2.06. The van der Waals surface area contributed by atoms with Crippen LogP contribution in [-0.4, -0.2) is 12.0 Å². The van der Waals surface area contributed by atoms with E-state index in [0.29, 0.717) is 0 Å². The first-order valence-corrected chi connectivity index (χ1v) is 5.92. The Bertz CT molecular complexity index is 605. The van der Waals surface area contributed by atoms with Crippen LogP contribution in [0, 0.1) is 15.9 Å². The molecule has 2 aromatic carbocycles. The van der Waals surface area contributed by atoms with Crippen molar-refractivity contribution >= 4 is 11.4 Å². The number of non-ortho nitro benzene ring substituents is 1. The Hall–Kier alpha value is -2.47. The van der Waals surface area contributed by atoms with Gasteiger partial charge in [-0.2, -0.15) is 0 Å². The average Bonchev–Trinajstić information content (AvgIpc) is 2.45. The molecule has 2 rings (SSSR count). The van der Waals surface area contributed by atoms with Crippen molar-refractivity contribution in [3.8, 4) is 0 Å². The van der Waals surface area contributed by atoms with Crippen molar-refractivity contribution in [3.63, 3.8) is 0 Å².